The van der Waals surface area contributed by atoms with Crippen LogP contribution in [0.25, 0.3) is 10.1 Å². The number of benzene rings is 3. The molecule has 5 nitrogen and oxygen atoms in total. The number of fused-ring (bicyclic) bond motifs is 1. The molecule has 1 aliphatic heterocycles. The molecular formula is C30H32N2O3S. The van der Waals surface area contributed by atoms with Gasteiger partial charge < -0.3 is 14.4 Å². The second kappa shape index (κ2) is 11.1. The van der Waals surface area contributed by atoms with Gasteiger partial charge in [0, 0.05) is 36.3 Å². The van der Waals surface area contributed by atoms with Gasteiger partial charge in [0.05, 0.1) is 5.56 Å². The van der Waals surface area contributed by atoms with Crippen LogP contribution < -0.4 is 14.4 Å². The van der Waals surface area contributed by atoms with E-state index in [0.29, 0.717) is 18.8 Å². The molecule has 6 heteroatoms. The molecule has 36 heavy (non-hydrogen) atoms. The van der Waals surface area contributed by atoms with Crippen molar-refractivity contribution in [3.8, 4) is 11.5 Å². The predicted octanol–water partition coefficient (Wildman–Crippen LogP) is 6.25. The predicted molar refractivity (Wildman–Crippen MR) is 148 cm³/mol. The van der Waals surface area contributed by atoms with Gasteiger partial charge in [-0.15, -0.1) is 11.3 Å². The van der Waals surface area contributed by atoms with E-state index in [1.165, 1.54) is 25.9 Å². The zero-order valence-corrected chi connectivity index (χ0v) is 21.7. The molecule has 2 heterocycles. The second-order valence-corrected chi connectivity index (χ2v) is 10.4. The van der Waals surface area contributed by atoms with E-state index in [1.54, 1.807) is 11.3 Å². The molecule has 4 aromatic rings. The Morgan fingerprint density at radius 3 is 2.36 bits per heavy atom. The van der Waals surface area contributed by atoms with Crippen LogP contribution in [-0.4, -0.2) is 51.0 Å². The first-order chi connectivity index (χ1) is 17.6. The van der Waals surface area contributed by atoms with E-state index in [0.717, 1.165) is 44.3 Å². The molecule has 0 spiro atoms. The summed E-state index contributed by atoms with van der Waals surface area (Å²) in [6, 6.07) is 23.6. The highest BCUT2D eigenvalue weighted by Gasteiger charge is 2.22. The lowest BCUT2D eigenvalue weighted by Gasteiger charge is -2.15. The van der Waals surface area contributed by atoms with Gasteiger partial charge in [0.1, 0.15) is 29.7 Å². The fraction of sp³-hybridized carbons (Fsp3) is 0.300. The average molecular weight is 501 g/mol. The topological polar surface area (TPSA) is 42.0 Å². The van der Waals surface area contributed by atoms with E-state index in [4.69, 9.17) is 9.47 Å². The van der Waals surface area contributed by atoms with E-state index in [-0.39, 0.29) is 5.78 Å². The van der Waals surface area contributed by atoms with Crippen molar-refractivity contribution in [3.05, 3.63) is 89.5 Å². The number of ether oxygens (including phenoxy) is 2. The number of carbonyl (C=O) groups excluding carboxylic acids is 1. The monoisotopic (exact) mass is 500 g/mol. The van der Waals surface area contributed by atoms with Crippen molar-refractivity contribution in [2.45, 2.75) is 19.4 Å². The summed E-state index contributed by atoms with van der Waals surface area (Å²) in [6.45, 7) is 4.46. The van der Waals surface area contributed by atoms with Gasteiger partial charge >= 0.3 is 0 Å². The Kier molecular flexibility index (Phi) is 7.54. The van der Waals surface area contributed by atoms with Crippen LogP contribution in [0.1, 0.15) is 34.3 Å². The number of nitrogens with zero attached hydrogens (tertiary/aromatic N) is 2. The van der Waals surface area contributed by atoms with E-state index in [1.807, 2.05) is 79.7 Å². The van der Waals surface area contributed by atoms with Crippen LogP contribution in [0.3, 0.4) is 0 Å². The molecule has 0 saturated carbocycles. The summed E-state index contributed by atoms with van der Waals surface area (Å²) in [5.74, 6) is 1.62. The molecule has 0 amide bonds. The molecule has 5 rings (SSSR count). The molecule has 0 N–H and O–H groups in total. The first-order valence-electron chi connectivity index (χ1n) is 12.5. The number of carbonyl (C=O) groups is 1. The summed E-state index contributed by atoms with van der Waals surface area (Å²) in [5, 5.41) is 1.90. The molecule has 0 bridgehead atoms. The summed E-state index contributed by atoms with van der Waals surface area (Å²) < 4.78 is 13.0. The first kappa shape index (κ1) is 24.3. The zero-order valence-electron chi connectivity index (χ0n) is 20.9. The lowest BCUT2D eigenvalue weighted by molar-refractivity contribution is 0.104. The van der Waals surface area contributed by atoms with E-state index in [9.17, 15) is 4.79 Å². The van der Waals surface area contributed by atoms with Crippen molar-refractivity contribution in [1.29, 1.82) is 0 Å². The van der Waals surface area contributed by atoms with Gasteiger partial charge in [0.25, 0.3) is 0 Å². The molecular weight excluding hydrogens is 468 g/mol. The van der Waals surface area contributed by atoms with Crippen LogP contribution in [0.15, 0.2) is 72.8 Å². The van der Waals surface area contributed by atoms with Gasteiger partial charge in [-0.3, -0.25) is 9.69 Å². The Balaban J connectivity index is 1.32. The molecule has 0 unspecified atom stereocenters. The standard InChI is InChI=1S/C30H32N2O3S/c1-31(2)30-28(26-15-14-25(20-27(26)36-30)35-21-22-8-4-3-5-9-22)29(33)23-10-12-24(13-11-23)34-19-18-32-16-6-7-17-32/h3-5,8-15,20H,6-7,16-19,21H2,1-2H3. The summed E-state index contributed by atoms with van der Waals surface area (Å²) >= 11 is 1.61. The van der Waals surface area contributed by atoms with Crippen molar-refractivity contribution >= 4 is 32.2 Å². The Labute approximate surface area is 216 Å². The maximum absolute atomic E-state index is 13.6. The van der Waals surface area contributed by atoms with Crippen molar-refractivity contribution in [2.24, 2.45) is 0 Å². The average Bonchev–Trinajstić information content (AvgIpc) is 3.56. The SMILES string of the molecule is CN(C)c1sc2cc(OCc3ccccc3)ccc2c1C(=O)c1ccc(OCCN2CCCC2)cc1. The molecule has 186 valence electrons. The number of rotatable bonds is 10. The van der Waals surface area contributed by atoms with Crippen LogP contribution in [0.4, 0.5) is 5.00 Å². The van der Waals surface area contributed by atoms with Gasteiger partial charge in [-0.25, -0.2) is 0 Å². The third kappa shape index (κ3) is 5.55. The Morgan fingerprint density at radius 1 is 0.917 bits per heavy atom. The number of hydrogen-bond acceptors (Lipinski definition) is 6. The normalized spacial score (nSPS) is 13.7. The largest absolute Gasteiger partial charge is 0.492 e. The summed E-state index contributed by atoms with van der Waals surface area (Å²) in [5.41, 5.74) is 2.52. The Morgan fingerprint density at radius 2 is 1.64 bits per heavy atom. The van der Waals surface area contributed by atoms with Crippen molar-refractivity contribution < 1.29 is 14.3 Å². The van der Waals surface area contributed by atoms with Gasteiger partial charge in [-0.05, 0) is 74.0 Å². The molecule has 0 atom stereocenters. The molecule has 1 aromatic heterocycles. The minimum absolute atomic E-state index is 0.0199. The summed E-state index contributed by atoms with van der Waals surface area (Å²) in [6.07, 6.45) is 2.57. The van der Waals surface area contributed by atoms with Crippen LogP contribution in [-0.2, 0) is 6.61 Å². The van der Waals surface area contributed by atoms with Crippen molar-refractivity contribution in [2.75, 3.05) is 45.2 Å². The summed E-state index contributed by atoms with van der Waals surface area (Å²) in [7, 11) is 3.96. The Hall–Kier alpha value is -3.35. The first-order valence-corrected chi connectivity index (χ1v) is 13.3. The van der Waals surface area contributed by atoms with Crippen LogP contribution in [0.2, 0.25) is 0 Å². The van der Waals surface area contributed by atoms with Crippen LogP contribution in [0, 0.1) is 0 Å². The molecule has 0 aliphatic carbocycles. The molecule has 1 aliphatic rings. The molecule has 1 fully saturated rings. The zero-order chi connectivity index (χ0) is 24.9. The van der Waals surface area contributed by atoms with Gasteiger partial charge in [0.15, 0.2) is 5.78 Å². The van der Waals surface area contributed by atoms with Crippen molar-refractivity contribution in [3.63, 3.8) is 0 Å². The molecule has 0 radical (unpaired) electrons. The second-order valence-electron chi connectivity index (χ2n) is 9.36. The summed E-state index contributed by atoms with van der Waals surface area (Å²) in [4.78, 5) is 18.1. The lowest BCUT2D eigenvalue weighted by atomic mass is 10.0. The van der Waals surface area contributed by atoms with Crippen LogP contribution in [0.5, 0.6) is 11.5 Å². The highest BCUT2D eigenvalue weighted by molar-refractivity contribution is 7.23. The highest BCUT2D eigenvalue weighted by Crippen LogP contribution is 2.40. The number of ketones is 1. The molecule has 3 aromatic carbocycles. The molecule has 1 saturated heterocycles. The van der Waals surface area contributed by atoms with Crippen LogP contribution >= 0.6 is 11.3 Å². The fourth-order valence-corrected chi connectivity index (χ4v) is 5.73. The van der Waals surface area contributed by atoms with E-state index >= 15 is 0 Å². The van der Waals surface area contributed by atoms with Gasteiger partial charge in [-0.1, -0.05) is 30.3 Å². The minimum Gasteiger partial charge on any atom is -0.492 e. The van der Waals surface area contributed by atoms with Crippen molar-refractivity contribution in [1.82, 2.24) is 4.90 Å². The number of hydrogen-bond donors (Lipinski definition) is 0. The smallest absolute Gasteiger partial charge is 0.196 e. The maximum atomic E-state index is 13.6. The number of thiophene rings is 1. The van der Waals surface area contributed by atoms with Gasteiger partial charge in [0.2, 0.25) is 0 Å². The van der Waals surface area contributed by atoms with E-state index in [2.05, 4.69) is 17.0 Å². The third-order valence-corrected chi connectivity index (χ3v) is 7.84. The third-order valence-electron chi connectivity index (χ3n) is 6.52. The fourth-order valence-electron chi connectivity index (χ4n) is 4.57. The highest BCUT2D eigenvalue weighted by atomic mass is 32.1. The number of likely N-dealkylation sites (tertiary alicyclic amines) is 1. The van der Waals surface area contributed by atoms with Gasteiger partial charge in [-0.2, -0.15) is 0 Å². The quantitative estimate of drug-likeness (QED) is 0.241. The van der Waals surface area contributed by atoms with E-state index < -0.39 is 0 Å². The maximum Gasteiger partial charge on any atom is 0.196 e. The Bertz CT molecular complexity index is 1310. The minimum atomic E-state index is 0.0199. The lowest BCUT2D eigenvalue weighted by Crippen LogP contribution is -2.25. The number of anilines is 1.